The van der Waals surface area contributed by atoms with Crippen molar-refractivity contribution < 1.29 is 4.79 Å². The SMILES string of the molecule is Cc1nc(Nc2ccccn2)sc1C(=O)/C=C/c1ccc(Cl)cc1. The van der Waals surface area contributed by atoms with Gasteiger partial charge in [-0.25, -0.2) is 9.97 Å². The molecule has 0 bridgehead atoms. The van der Waals surface area contributed by atoms with Gasteiger partial charge in [-0.05, 0) is 42.8 Å². The Labute approximate surface area is 148 Å². The fourth-order valence-corrected chi connectivity index (χ4v) is 3.07. The molecule has 1 aromatic carbocycles. The minimum Gasteiger partial charge on any atom is -0.316 e. The summed E-state index contributed by atoms with van der Waals surface area (Å²) in [5.74, 6) is 0.621. The first-order chi connectivity index (χ1) is 11.6. The van der Waals surface area contributed by atoms with Crippen molar-refractivity contribution >= 4 is 45.7 Å². The van der Waals surface area contributed by atoms with E-state index in [1.165, 1.54) is 11.3 Å². The van der Waals surface area contributed by atoms with Crippen LogP contribution in [0.3, 0.4) is 0 Å². The van der Waals surface area contributed by atoms with Gasteiger partial charge in [-0.2, -0.15) is 0 Å². The number of carbonyl (C=O) groups is 1. The van der Waals surface area contributed by atoms with Gasteiger partial charge in [0.2, 0.25) is 0 Å². The second-order valence-electron chi connectivity index (χ2n) is 5.02. The normalized spacial score (nSPS) is 10.9. The van der Waals surface area contributed by atoms with Gasteiger partial charge in [-0.1, -0.05) is 47.2 Å². The Morgan fingerprint density at radius 2 is 2.00 bits per heavy atom. The minimum atomic E-state index is -0.0750. The number of carbonyl (C=O) groups excluding carboxylic acids is 1. The van der Waals surface area contributed by atoms with Crippen LogP contribution in [0.25, 0.3) is 6.08 Å². The first-order valence-corrected chi connectivity index (χ1v) is 8.45. The van der Waals surface area contributed by atoms with Crippen molar-refractivity contribution in [1.29, 1.82) is 0 Å². The van der Waals surface area contributed by atoms with Gasteiger partial charge in [0.25, 0.3) is 0 Å². The highest BCUT2D eigenvalue weighted by atomic mass is 35.5. The van der Waals surface area contributed by atoms with E-state index in [2.05, 4.69) is 15.3 Å². The number of nitrogens with one attached hydrogen (secondary N) is 1. The molecule has 0 amide bonds. The number of hydrogen-bond acceptors (Lipinski definition) is 5. The second kappa shape index (κ2) is 7.38. The van der Waals surface area contributed by atoms with Crippen molar-refractivity contribution in [2.45, 2.75) is 6.92 Å². The highest BCUT2D eigenvalue weighted by Gasteiger charge is 2.13. The maximum Gasteiger partial charge on any atom is 0.197 e. The van der Waals surface area contributed by atoms with E-state index < -0.39 is 0 Å². The topological polar surface area (TPSA) is 54.9 Å². The van der Waals surface area contributed by atoms with Crippen LogP contribution in [0.1, 0.15) is 20.9 Å². The van der Waals surface area contributed by atoms with Crippen LogP contribution in [0.15, 0.2) is 54.7 Å². The molecule has 0 aliphatic carbocycles. The molecule has 3 rings (SSSR count). The zero-order chi connectivity index (χ0) is 16.9. The fraction of sp³-hybridized carbons (Fsp3) is 0.0556. The van der Waals surface area contributed by atoms with Gasteiger partial charge in [0, 0.05) is 11.2 Å². The van der Waals surface area contributed by atoms with E-state index in [4.69, 9.17) is 11.6 Å². The van der Waals surface area contributed by atoms with E-state index >= 15 is 0 Å². The molecule has 0 aliphatic heterocycles. The Hall–Kier alpha value is -2.50. The maximum atomic E-state index is 12.4. The minimum absolute atomic E-state index is 0.0750. The molecule has 3 aromatic rings. The molecule has 0 aliphatic rings. The Kier molecular flexibility index (Phi) is 5.03. The van der Waals surface area contributed by atoms with Crippen molar-refractivity contribution in [3.8, 4) is 0 Å². The summed E-state index contributed by atoms with van der Waals surface area (Å²) in [6, 6.07) is 12.9. The van der Waals surface area contributed by atoms with E-state index in [1.54, 1.807) is 30.5 Å². The summed E-state index contributed by atoms with van der Waals surface area (Å²) in [6.07, 6.45) is 5.02. The largest absolute Gasteiger partial charge is 0.316 e. The summed E-state index contributed by atoms with van der Waals surface area (Å²) >= 11 is 7.17. The molecule has 0 radical (unpaired) electrons. The van der Waals surface area contributed by atoms with E-state index in [1.807, 2.05) is 37.3 Å². The van der Waals surface area contributed by atoms with Gasteiger partial charge in [0.15, 0.2) is 10.9 Å². The van der Waals surface area contributed by atoms with Crippen molar-refractivity contribution in [2.75, 3.05) is 5.32 Å². The predicted octanol–water partition coefficient (Wildman–Crippen LogP) is 5.14. The molecule has 4 nitrogen and oxygen atoms in total. The van der Waals surface area contributed by atoms with Gasteiger partial charge in [-0.15, -0.1) is 0 Å². The van der Waals surface area contributed by atoms with Gasteiger partial charge < -0.3 is 5.32 Å². The summed E-state index contributed by atoms with van der Waals surface area (Å²) in [6.45, 7) is 1.82. The van der Waals surface area contributed by atoms with Crippen LogP contribution in [-0.2, 0) is 0 Å². The lowest BCUT2D eigenvalue weighted by molar-refractivity contribution is 0.105. The van der Waals surface area contributed by atoms with Gasteiger partial charge in [0.05, 0.1) is 10.6 Å². The molecule has 0 atom stereocenters. The van der Waals surface area contributed by atoms with Crippen LogP contribution in [-0.4, -0.2) is 15.8 Å². The maximum absolute atomic E-state index is 12.4. The van der Waals surface area contributed by atoms with Crippen molar-refractivity contribution in [3.63, 3.8) is 0 Å². The van der Waals surface area contributed by atoms with E-state index in [0.29, 0.717) is 26.5 Å². The summed E-state index contributed by atoms with van der Waals surface area (Å²) in [5.41, 5.74) is 1.62. The van der Waals surface area contributed by atoms with Crippen LogP contribution in [0, 0.1) is 6.92 Å². The number of benzene rings is 1. The standard InChI is InChI=1S/C18H14ClN3OS/c1-12-17(15(23)10-7-13-5-8-14(19)9-6-13)24-18(21-12)22-16-4-2-3-11-20-16/h2-11H,1H3,(H,20,21,22)/b10-7+. The summed E-state index contributed by atoms with van der Waals surface area (Å²) in [5, 5.41) is 4.42. The number of allylic oxidation sites excluding steroid dienone is 1. The zero-order valence-corrected chi connectivity index (χ0v) is 14.4. The van der Waals surface area contributed by atoms with Gasteiger partial charge in [0.1, 0.15) is 5.82 Å². The number of thiazole rings is 1. The van der Waals surface area contributed by atoms with Gasteiger partial charge >= 0.3 is 0 Å². The van der Waals surface area contributed by atoms with Crippen LogP contribution in [0.4, 0.5) is 10.9 Å². The quantitative estimate of drug-likeness (QED) is 0.508. The summed E-state index contributed by atoms with van der Waals surface area (Å²) in [7, 11) is 0. The van der Waals surface area contributed by atoms with Crippen molar-refractivity contribution in [3.05, 3.63) is 75.9 Å². The molecule has 120 valence electrons. The lowest BCUT2D eigenvalue weighted by Crippen LogP contribution is -1.93. The average molecular weight is 356 g/mol. The number of rotatable bonds is 5. The molecule has 0 fully saturated rings. The van der Waals surface area contributed by atoms with Crippen molar-refractivity contribution in [2.24, 2.45) is 0 Å². The lowest BCUT2D eigenvalue weighted by atomic mass is 10.2. The number of anilines is 2. The molecule has 0 saturated heterocycles. The zero-order valence-electron chi connectivity index (χ0n) is 12.9. The molecule has 0 unspecified atom stereocenters. The molecule has 6 heteroatoms. The fourth-order valence-electron chi connectivity index (χ4n) is 2.05. The third kappa shape index (κ3) is 4.07. The Bertz CT molecular complexity index is 873. The Morgan fingerprint density at radius 1 is 1.21 bits per heavy atom. The number of ketones is 1. The highest BCUT2D eigenvalue weighted by Crippen LogP contribution is 2.26. The van der Waals surface area contributed by atoms with Crippen LogP contribution >= 0.6 is 22.9 Å². The molecule has 0 saturated carbocycles. The first kappa shape index (κ1) is 16.4. The van der Waals surface area contributed by atoms with Crippen molar-refractivity contribution in [1.82, 2.24) is 9.97 Å². The molecule has 1 N–H and O–H groups in total. The van der Waals surface area contributed by atoms with Crippen LogP contribution in [0.5, 0.6) is 0 Å². The van der Waals surface area contributed by atoms with Crippen LogP contribution < -0.4 is 5.32 Å². The van der Waals surface area contributed by atoms with Crippen LogP contribution in [0.2, 0.25) is 5.02 Å². The molecule has 24 heavy (non-hydrogen) atoms. The number of aryl methyl sites for hydroxylation is 1. The number of halogens is 1. The van der Waals surface area contributed by atoms with E-state index in [-0.39, 0.29) is 5.78 Å². The highest BCUT2D eigenvalue weighted by molar-refractivity contribution is 7.17. The monoisotopic (exact) mass is 355 g/mol. The molecule has 2 heterocycles. The molecule has 0 spiro atoms. The predicted molar refractivity (Wildman–Crippen MR) is 99.2 cm³/mol. The molecular weight excluding hydrogens is 342 g/mol. The molecular formula is C18H14ClN3OS. The number of nitrogens with zero attached hydrogens (tertiary/aromatic N) is 2. The average Bonchev–Trinajstić information content (AvgIpc) is 2.95. The number of aromatic nitrogens is 2. The Morgan fingerprint density at radius 3 is 2.71 bits per heavy atom. The number of pyridine rings is 1. The summed E-state index contributed by atoms with van der Waals surface area (Å²) < 4.78 is 0. The smallest absolute Gasteiger partial charge is 0.197 e. The second-order valence-corrected chi connectivity index (χ2v) is 6.46. The van der Waals surface area contributed by atoms with E-state index in [0.717, 1.165) is 5.56 Å². The molecule has 2 aromatic heterocycles. The number of hydrogen-bond donors (Lipinski definition) is 1. The van der Waals surface area contributed by atoms with E-state index in [9.17, 15) is 4.79 Å². The lowest BCUT2D eigenvalue weighted by Gasteiger charge is -1.98. The van der Waals surface area contributed by atoms with Gasteiger partial charge in [-0.3, -0.25) is 4.79 Å². The third-order valence-corrected chi connectivity index (χ3v) is 4.56. The Balaban J connectivity index is 1.74. The first-order valence-electron chi connectivity index (χ1n) is 7.25. The third-order valence-electron chi connectivity index (χ3n) is 3.22. The summed E-state index contributed by atoms with van der Waals surface area (Å²) in [4.78, 5) is 21.6.